The molecule has 1 fully saturated rings. The lowest BCUT2D eigenvalue weighted by Crippen LogP contribution is -2.49. The van der Waals surface area contributed by atoms with Gasteiger partial charge in [0.1, 0.15) is 5.75 Å². The zero-order valence-corrected chi connectivity index (χ0v) is 18.9. The van der Waals surface area contributed by atoms with Crippen LogP contribution in [-0.4, -0.2) is 50.9 Å². The summed E-state index contributed by atoms with van der Waals surface area (Å²) in [7, 11) is -2.04. The summed E-state index contributed by atoms with van der Waals surface area (Å²) in [4.78, 5) is 2.59. The number of hydrogen-bond acceptors (Lipinski definition) is 4. The molecule has 1 heterocycles. The van der Waals surface area contributed by atoms with E-state index in [1.54, 1.807) is 28.6 Å². The number of hydrogen-bond donors (Lipinski definition) is 0. The standard InChI is InChI=1S/C24H25ClN2O3S/c1-30-22-8-5-9-23(18-22)31(28,29)27-16-14-26(15-17-27)24(19-6-3-2-4-7-19)20-10-12-21(25)13-11-20/h2-13,18,24H,14-17H2,1H3. The van der Waals surface area contributed by atoms with Gasteiger partial charge in [0, 0.05) is 37.3 Å². The summed E-state index contributed by atoms with van der Waals surface area (Å²) in [5, 5.41) is 0.699. The highest BCUT2D eigenvalue weighted by atomic mass is 35.5. The van der Waals surface area contributed by atoms with Gasteiger partial charge in [0.2, 0.25) is 10.0 Å². The smallest absolute Gasteiger partial charge is 0.243 e. The Kier molecular flexibility index (Phi) is 6.62. The Morgan fingerprint density at radius 2 is 1.48 bits per heavy atom. The number of halogens is 1. The summed E-state index contributed by atoms with van der Waals surface area (Å²) in [6.45, 7) is 2.11. The topological polar surface area (TPSA) is 49.9 Å². The third-order valence-electron chi connectivity index (χ3n) is 5.62. The van der Waals surface area contributed by atoms with Gasteiger partial charge in [-0.3, -0.25) is 4.90 Å². The van der Waals surface area contributed by atoms with Crippen molar-refractivity contribution in [3.63, 3.8) is 0 Å². The van der Waals surface area contributed by atoms with Gasteiger partial charge in [-0.15, -0.1) is 0 Å². The molecule has 3 aromatic rings. The van der Waals surface area contributed by atoms with E-state index in [1.807, 2.05) is 42.5 Å². The van der Waals surface area contributed by atoms with E-state index in [0.717, 1.165) is 5.56 Å². The van der Waals surface area contributed by atoms with Gasteiger partial charge in [0.25, 0.3) is 0 Å². The fourth-order valence-corrected chi connectivity index (χ4v) is 5.59. The predicted octanol–water partition coefficient (Wildman–Crippen LogP) is 4.44. The fourth-order valence-electron chi connectivity index (χ4n) is 4.01. The molecule has 0 amide bonds. The Morgan fingerprint density at radius 3 is 2.13 bits per heavy atom. The molecular weight excluding hydrogens is 432 g/mol. The second-order valence-electron chi connectivity index (χ2n) is 7.48. The van der Waals surface area contributed by atoms with Crippen molar-refractivity contribution in [1.29, 1.82) is 0 Å². The average molecular weight is 457 g/mol. The highest BCUT2D eigenvalue weighted by molar-refractivity contribution is 7.89. The van der Waals surface area contributed by atoms with Crippen molar-refractivity contribution in [3.8, 4) is 5.75 Å². The first-order valence-electron chi connectivity index (χ1n) is 10.2. The highest BCUT2D eigenvalue weighted by Gasteiger charge is 2.32. The zero-order valence-electron chi connectivity index (χ0n) is 17.3. The van der Waals surface area contributed by atoms with E-state index < -0.39 is 10.0 Å². The summed E-state index contributed by atoms with van der Waals surface area (Å²) in [5.74, 6) is 0.534. The maximum absolute atomic E-state index is 13.1. The molecule has 1 atom stereocenters. The van der Waals surface area contributed by atoms with Crippen LogP contribution in [0, 0.1) is 0 Å². The van der Waals surface area contributed by atoms with Gasteiger partial charge in [-0.25, -0.2) is 8.42 Å². The highest BCUT2D eigenvalue weighted by Crippen LogP contribution is 2.31. The SMILES string of the molecule is COc1cccc(S(=O)(=O)N2CCN(C(c3ccccc3)c3ccc(Cl)cc3)CC2)c1. The van der Waals surface area contributed by atoms with Crippen molar-refractivity contribution < 1.29 is 13.2 Å². The van der Waals surface area contributed by atoms with Crippen LogP contribution in [-0.2, 0) is 10.0 Å². The number of methoxy groups -OCH3 is 1. The number of benzene rings is 3. The van der Waals surface area contributed by atoms with Gasteiger partial charge >= 0.3 is 0 Å². The van der Waals surface area contributed by atoms with Crippen molar-refractivity contribution in [3.05, 3.63) is 95.0 Å². The molecule has 0 aliphatic carbocycles. The van der Waals surface area contributed by atoms with Crippen LogP contribution in [0.5, 0.6) is 5.75 Å². The van der Waals surface area contributed by atoms with Crippen LogP contribution < -0.4 is 4.74 Å². The number of ether oxygens (including phenoxy) is 1. The van der Waals surface area contributed by atoms with Crippen molar-refractivity contribution in [2.45, 2.75) is 10.9 Å². The van der Waals surface area contributed by atoms with Crippen molar-refractivity contribution in [1.82, 2.24) is 9.21 Å². The Bertz CT molecular complexity index is 1110. The first-order valence-corrected chi connectivity index (χ1v) is 12.0. The number of piperazine rings is 1. The molecule has 1 saturated heterocycles. The first kappa shape index (κ1) is 21.8. The van der Waals surface area contributed by atoms with Crippen LogP contribution in [0.25, 0.3) is 0 Å². The summed E-state index contributed by atoms with van der Waals surface area (Å²) >= 11 is 6.10. The van der Waals surface area contributed by atoms with E-state index in [0.29, 0.717) is 37.0 Å². The van der Waals surface area contributed by atoms with Crippen LogP contribution in [0.2, 0.25) is 5.02 Å². The summed E-state index contributed by atoms with van der Waals surface area (Å²) in [6, 6.07) is 24.8. The maximum atomic E-state index is 13.1. The Morgan fingerprint density at radius 1 is 0.839 bits per heavy atom. The van der Waals surface area contributed by atoms with E-state index in [-0.39, 0.29) is 10.9 Å². The van der Waals surface area contributed by atoms with Gasteiger partial charge in [0.05, 0.1) is 18.0 Å². The summed E-state index contributed by atoms with van der Waals surface area (Å²) in [6.07, 6.45) is 0. The quantitative estimate of drug-likeness (QED) is 0.550. The van der Waals surface area contributed by atoms with E-state index in [2.05, 4.69) is 17.0 Å². The van der Waals surface area contributed by atoms with Crippen LogP contribution in [0.4, 0.5) is 0 Å². The molecule has 0 bridgehead atoms. The van der Waals surface area contributed by atoms with Gasteiger partial charge in [0.15, 0.2) is 0 Å². The third kappa shape index (κ3) is 4.77. The van der Waals surface area contributed by atoms with Crippen LogP contribution in [0.15, 0.2) is 83.8 Å². The minimum atomic E-state index is -3.57. The second-order valence-corrected chi connectivity index (χ2v) is 9.86. The molecule has 3 aromatic carbocycles. The van der Waals surface area contributed by atoms with Crippen LogP contribution in [0.1, 0.15) is 17.2 Å². The lowest BCUT2D eigenvalue weighted by Gasteiger charge is -2.39. The Balaban J connectivity index is 1.56. The van der Waals surface area contributed by atoms with Crippen LogP contribution in [0.3, 0.4) is 0 Å². The van der Waals surface area contributed by atoms with Gasteiger partial charge < -0.3 is 4.74 Å². The monoisotopic (exact) mass is 456 g/mol. The molecule has 31 heavy (non-hydrogen) atoms. The van der Waals surface area contributed by atoms with Crippen molar-refractivity contribution in [2.75, 3.05) is 33.3 Å². The molecule has 0 radical (unpaired) electrons. The number of nitrogens with zero attached hydrogens (tertiary/aromatic N) is 2. The molecule has 0 spiro atoms. The molecule has 7 heteroatoms. The number of rotatable bonds is 6. The molecule has 4 rings (SSSR count). The lowest BCUT2D eigenvalue weighted by molar-refractivity contribution is 0.156. The molecule has 1 unspecified atom stereocenters. The first-order chi connectivity index (χ1) is 15.0. The van der Waals surface area contributed by atoms with Crippen LogP contribution >= 0.6 is 11.6 Å². The average Bonchev–Trinajstić information content (AvgIpc) is 2.81. The van der Waals surface area contributed by atoms with Gasteiger partial charge in [-0.1, -0.05) is 60.1 Å². The maximum Gasteiger partial charge on any atom is 0.243 e. The fraction of sp³-hybridized carbons (Fsp3) is 0.250. The summed E-state index contributed by atoms with van der Waals surface area (Å²) in [5.41, 5.74) is 2.31. The summed E-state index contributed by atoms with van der Waals surface area (Å²) < 4.78 is 33.0. The zero-order chi connectivity index (χ0) is 21.8. The predicted molar refractivity (Wildman–Crippen MR) is 123 cm³/mol. The third-order valence-corrected chi connectivity index (χ3v) is 7.77. The molecule has 5 nitrogen and oxygen atoms in total. The molecule has 162 valence electrons. The van der Waals surface area contributed by atoms with Crippen molar-refractivity contribution >= 4 is 21.6 Å². The molecule has 1 aliphatic heterocycles. The van der Waals surface area contributed by atoms with Gasteiger partial charge in [-0.2, -0.15) is 4.31 Å². The molecule has 0 aromatic heterocycles. The Labute approximate surface area is 188 Å². The Hall–Kier alpha value is -2.38. The lowest BCUT2D eigenvalue weighted by atomic mass is 9.96. The molecule has 1 aliphatic rings. The van der Waals surface area contributed by atoms with E-state index in [9.17, 15) is 8.42 Å². The van der Waals surface area contributed by atoms with Crippen molar-refractivity contribution in [2.24, 2.45) is 0 Å². The normalized spacial score (nSPS) is 16.7. The molecule has 0 N–H and O–H groups in total. The van der Waals surface area contributed by atoms with E-state index in [4.69, 9.17) is 16.3 Å². The van der Waals surface area contributed by atoms with Gasteiger partial charge in [-0.05, 0) is 35.4 Å². The molecule has 0 saturated carbocycles. The van der Waals surface area contributed by atoms with E-state index in [1.165, 1.54) is 12.7 Å². The minimum absolute atomic E-state index is 0.0418. The largest absolute Gasteiger partial charge is 0.497 e. The number of sulfonamides is 1. The van der Waals surface area contributed by atoms with E-state index >= 15 is 0 Å². The second kappa shape index (κ2) is 9.40. The minimum Gasteiger partial charge on any atom is -0.497 e. The molecular formula is C24H25ClN2O3S.